The van der Waals surface area contributed by atoms with E-state index in [-0.39, 0.29) is 0 Å². The van der Waals surface area contributed by atoms with Crippen LogP contribution in [0, 0.1) is 6.92 Å². The lowest BCUT2D eigenvalue weighted by Crippen LogP contribution is -2.40. The quantitative estimate of drug-likeness (QED) is 0.502. The Morgan fingerprint density at radius 1 is 1.07 bits per heavy atom. The van der Waals surface area contributed by atoms with Crippen LogP contribution in [0.1, 0.15) is 5.69 Å². The van der Waals surface area contributed by atoms with Crippen molar-refractivity contribution in [2.45, 2.75) is 6.92 Å². The Bertz CT molecular complexity index is 1090. The first-order chi connectivity index (χ1) is 13.8. The van der Waals surface area contributed by atoms with Gasteiger partial charge in [-0.2, -0.15) is 5.10 Å². The molecule has 142 valence electrons. The molecule has 1 fully saturated rings. The van der Waals surface area contributed by atoms with Gasteiger partial charge in [-0.05, 0) is 19.1 Å². The molecule has 1 aliphatic heterocycles. The number of rotatable bonds is 4. The molecule has 0 bridgehead atoms. The van der Waals surface area contributed by atoms with E-state index >= 15 is 0 Å². The fourth-order valence-corrected chi connectivity index (χ4v) is 3.31. The third-order valence-electron chi connectivity index (χ3n) is 4.84. The molecule has 0 unspecified atom stereocenters. The first kappa shape index (κ1) is 16.8. The Labute approximate surface area is 161 Å². The number of H-pyrrole nitrogens is 2. The van der Waals surface area contributed by atoms with Crippen LogP contribution in [-0.4, -0.2) is 61.4 Å². The zero-order valence-electron chi connectivity index (χ0n) is 15.4. The number of anilines is 1. The van der Waals surface area contributed by atoms with Crippen LogP contribution in [-0.2, 0) is 4.74 Å². The lowest BCUT2D eigenvalue weighted by molar-refractivity contribution is 0.0495. The number of hydrogen-bond donors (Lipinski definition) is 3. The summed E-state index contributed by atoms with van der Waals surface area (Å²) in [7, 11) is 0. The third-order valence-corrected chi connectivity index (χ3v) is 4.84. The van der Waals surface area contributed by atoms with Gasteiger partial charge < -0.3 is 15.1 Å². The van der Waals surface area contributed by atoms with Crippen molar-refractivity contribution in [3.8, 4) is 22.4 Å². The van der Waals surface area contributed by atoms with E-state index in [9.17, 15) is 0 Å². The minimum absolute atomic E-state index is 0.734. The van der Waals surface area contributed by atoms with Gasteiger partial charge in [-0.15, -0.1) is 0 Å². The van der Waals surface area contributed by atoms with Crippen molar-refractivity contribution >= 4 is 17.0 Å². The van der Waals surface area contributed by atoms with E-state index in [4.69, 9.17) is 9.72 Å². The molecule has 0 atom stereocenters. The molecule has 0 spiro atoms. The van der Waals surface area contributed by atoms with Crippen LogP contribution >= 0.6 is 0 Å². The van der Waals surface area contributed by atoms with Gasteiger partial charge in [0.05, 0.1) is 31.3 Å². The maximum absolute atomic E-state index is 5.37. The predicted octanol–water partition coefficient (Wildman–Crippen LogP) is 2.38. The number of ether oxygens (including phenoxy) is 1. The van der Waals surface area contributed by atoms with Gasteiger partial charge >= 0.3 is 0 Å². The molecule has 0 aromatic carbocycles. The molecule has 5 rings (SSSR count). The monoisotopic (exact) mass is 376 g/mol. The van der Waals surface area contributed by atoms with Crippen LogP contribution in [0.3, 0.4) is 0 Å². The Morgan fingerprint density at radius 3 is 2.71 bits per heavy atom. The Balaban J connectivity index is 1.44. The molecule has 0 aliphatic carbocycles. The van der Waals surface area contributed by atoms with Gasteiger partial charge in [0.2, 0.25) is 0 Å². The van der Waals surface area contributed by atoms with Gasteiger partial charge in [0.15, 0.2) is 5.65 Å². The number of hydrogen-bond acceptors (Lipinski definition) is 7. The number of nitrogens with one attached hydrogen (secondary N) is 3. The highest BCUT2D eigenvalue weighted by molar-refractivity contribution is 5.91. The number of morpholine rings is 1. The molecule has 4 aromatic rings. The zero-order chi connectivity index (χ0) is 18.9. The van der Waals surface area contributed by atoms with Crippen molar-refractivity contribution in [1.29, 1.82) is 0 Å². The first-order valence-corrected chi connectivity index (χ1v) is 9.18. The number of hydrazine groups is 1. The van der Waals surface area contributed by atoms with Gasteiger partial charge in [0.25, 0.3) is 0 Å². The smallest absolute Gasteiger partial charge is 0.156 e. The van der Waals surface area contributed by atoms with Crippen molar-refractivity contribution in [1.82, 2.24) is 35.1 Å². The van der Waals surface area contributed by atoms with E-state index in [1.807, 2.05) is 31.5 Å². The summed E-state index contributed by atoms with van der Waals surface area (Å²) < 4.78 is 5.37. The van der Waals surface area contributed by atoms with Crippen LogP contribution in [0.2, 0.25) is 0 Å². The number of aryl methyl sites for hydroxylation is 1. The second-order valence-corrected chi connectivity index (χ2v) is 6.71. The summed E-state index contributed by atoms with van der Waals surface area (Å²) in [5.74, 6) is 0.811. The second kappa shape index (κ2) is 7.02. The van der Waals surface area contributed by atoms with Crippen LogP contribution in [0.5, 0.6) is 0 Å². The van der Waals surface area contributed by atoms with Gasteiger partial charge in [-0.3, -0.25) is 5.10 Å². The van der Waals surface area contributed by atoms with E-state index in [2.05, 4.69) is 35.6 Å². The fraction of sp³-hybridized carbons (Fsp3) is 0.263. The minimum atomic E-state index is 0.734. The number of nitrogens with zero attached hydrogens (tertiary/aromatic N) is 5. The van der Waals surface area contributed by atoms with Crippen molar-refractivity contribution in [3.63, 3.8) is 0 Å². The van der Waals surface area contributed by atoms with E-state index in [1.165, 1.54) is 0 Å². The van der Waals surface area contributed by atoms with Crippen molar-refractivity contribution < 1.29 is 4.74 Å². The molecule has 28 heavy (non-hydrogen) atoms. The maximum atomic E-state index is 5.37. The maximum Gasteiger partial charge on any atom is 0.156 e. The Kier molecular flexibility index (Phi) is 4.22. The van der Waals surface area contributed by atoms with Gasteiger partial charge in [-0.25, -0.2) is 20.0 Å². The summed E-state index contributed by atoms with van der Waals surface area (Å²) >= 11 is 0. The lowest BCUT2D eigenvalue weighted by atomic mass is 10.1. The number of pyridine rings is 1. The van der Waals surface area contributed by atoms with E-state index < -0.39 is 0 Å². The van der Waals surface area contributed by atoms with Crippen molar-refractivity contribution in [2.24, 2.45) is 0 Å². The fourth-order valence-electron chi connectivity index (χ4n) is 3.31. The average molecular weight is 376 g/mol. The Morgan fingerprint density at radius 2 is 1.96 bits per heavy atom. The highest BCUT2D eigenvalue weighted by atomic mass is 16.5. The van der Waals surface area contributed by atoms with E-state index in [1.54, 1.807) is 12.4 Å². The summed E-state index contributed by atoms with van der Waals surface area (Å²) in [6, 6.07) is 4.01. The predicted molar refractivity (Wildman–Crippen MR) is 105 cm³/mol. The van der Waals surface area contributed by atoms with Gasteiger partial charge in [0.1, 0.15) is 11.3 Å². The number of fused-ring (bicyclic) bond motifs is 1. The summed E-state index contributed by atoms with van der Waals surface area (Å²) in [6.45, 7) is 5.13. The SMILES string of the molecule is Cc1[nH]ncc1-c1cnc2[nH]cc(-c3ccc(NN4CCOCC4)nc3)c2n1. The third kappa shape index (κ3) is 3.10. The van der Waals surface area contributed by atoms with Crippen LogP contribution in [0.15, 0.2) is 36.9 Å². The summed E-state index contributed by atoms with van der Waals surface area (Å²) in [5, 5.41) is 9.13. The van der Waals surface area contributed by atoms with Gasteiger partial charge in [0, 0.05) is 47.9 Å². The number of aromatic nitrogens is 6. The summed E-state index contributed by atoms with van der Waals surface area (Å²) in [5.41, 5.74) is 9.53. The molecular weight excluding hydrogens is 356 g/mol. The molecule has 9 nitrogen and oxygen atoms in total. The van der Waals surface area contributed by atoms with Gasteiger partial charge in [-0.1, -0.05) is 0 Å². The van der Waals surface area contributed by atoms with Crippen LogP contribution in [0.4, 0.5) is 5.82 Å². The summed E-state index contributed by atoms with van der Waals surface area (Å²) in [6.07, 6.45) is 7.30. The van der Waals surface area contributed by atoms with Crippen molar-refractivity contribution in [2.75, 3.05) is 31.7 Å². The highest BCUT2D eigenvalue weighted by Gasteiger charge is 2.14. The second-order valence-electron chi connectivity index (χ2n) is 6.71. The minimum Gasteiger partial charge on any atom is -0.379 e. The summed E-state index contributed by atoms with van der Waals surface area (Å²) in [4.78, 5) is 17.1. The molecule has 3 N–H and O–H groups in total. The molecule has 1 saturated heterocycles. The largest absolute Gasteiger partial charge is 0.379 e. The molecule has 0 radical (unpaired) electrons. The molecule has 0 amide bonds. The van der Waals surface area contributed by atoms with Crippen LogP contribution in [0.25, 0.3) is 33.5 Å². The molecule has 9 heteroatoms. The van der Waals surface area contributed by atoms with Crippen molar-refractivity contribution in [3.05, 3.63) is 42.6 Å². The lowest BCUT2D eigenvalue weighted by Gasteiger charge is -2.27. The van der Waals surface area contributed by atoms with E-state index in [0.717, 1.165) is 71.4 Å². The number of aromatic amines is 2. The van der Waals surface area contributed by atoms with E-state index in [0.29, 0.717) is 0 Å². The molecule has 1 aliphatic rings. The average Bonchev–Trinajstić information content (AvgIpc) is 3.35. The standard InChI is InChI=1S/C19H20N8O/c1-12-14(10-23-25-12)16-11-22-19-18(24-16)15(9-21-19)13-2-3-17(20-8-13)26-27-4-6-28-7-5-27/h2-3,8-11H,4-7H2,1H3,(H,20,26)(H,21,22)(H,23,25). The normalized spacial score (nSPS) is 15.2. The highest BCUT2D eigenvalue weighted by Crippen LogP contribution is 2.29. The first-order valence-electron chi connectivity index (χ1n) is 9.18. The topological polar surface area (TPSA) is 108 Å². The molecule has 5 heterocycles. The van der Waals surface area contributed by atoms with Crippen LogP contribution < -0.4 is 5.43 Å². The molecule has 4 aromatic heterocycles. The Hall–Kier alpha value is -3.30. The molecular formula is C19H20N8O. The zero-order valence-corrected chi connectivity index (χ0v) is 15.4. The molecule has 0 saturated carbocycles.